The molecule has 1 aromatic heterocycles. The van der Waals surface area contributed by atoms with Gasteiger partial charge in [-0.3, -0.25) is 0 Å². The lowest BCUT2D eigenvalue weighted by molar-refractivity contribution is 1.07. The molecule has 3 heteroatoms. The first kappa shape index (κ1) is 25.1. The molecule has 0 N–H and O–H groups in total. The van der Waals surface area contributed by atoms with Gasteiger partial charge in [-0.1, -0.05) is 140 Å². The van der Waals surface area contributed by atoms with Gasteiger partial charge in [-0.05, 0) is 63.1 Å². The van der Waals surface area contributed by atoms with E-state index >= 15 is 0 Å². The van der Waals surface area contributed by atoms with Gasteiger partial charge in [0.2, 0.25) is 0 Å². The molecule has 0 atom stereocenters. The van der Waals surface area contributed by atoms with Crippen LogP contribution in [0.1, 0.15) is 11.1 Å². The molecule has 0 saturated heterocycles. The smallest absolute Gasteiger partial charge is 0.164 e. The molecule has 1 aliphatic rings. The lowest BCUT2D eigenvalue weighted by Crippen LogP contribution is -2.00. The Labute approximate surface area is 251 Å². The van der Waals surface area contributed by atoms with Crippen molar-refractivity contribution in [3.63, 3.8) is 0 Å². The normalized spacial score (nSPS) is 11.6. The summed E-state index contributed by atoms with van der Waals surface area (Å²) >= 11 is 0. The van der Waals surface area contributed by atoms with Gasteiger partial charge in [0, 0.05) is 16.7 Å². The summed E-state index contributed by atoms with van der Waals surface area (Å²) in [5, 5.41) is 0. The van der Waals surface area contributed by atoms with Crippen molar-refractivity contribution in [1.29, 1.82) is 0 Å². The summed E-state index contributed by atoms with van der Waals surface area (Å²) in [7, 11) is 0. The Kier molecular flexibility index (Phi) is 6.20. The van der Waals surface area contributed by atoms with Crippen molar-refractivity contribution in [2.24, 2.45) is 0 Å². The number of aromatic nitrogens is 3. The average Bonchev–Trinajstić information content (AvgIpc) is 3.46. The minimum atomic E-state index is 0.662. The van der Waals surface area contributed by atoms with Crippen molar-refractivity contribution in [1.82, 2.24) is 15.0 Å². The Morgan fingerprint density at radius 2 is 0.791 bits per heavy atom. The van der Waals surface area contributed by atoms with Crippen LogP contribution in [0.5, 0.6) is 0 Å². The summed E-state index contributed by atoms with van der Waals surface area (Å²) in [5.41, 5.74) is 13.1. The number of benzene rings is 6. The van der Waals surface area contributed by atoms with Crippen molar-refractivity contribution >= 4 is 0 Å². The maximum absolute atomic E-state index is 4.93. The molecule has 8 rings (SSSR count). The molecule has 0 bridgehead atoms. The zero-order valence-electron chi connectivity index (χ0n) is 23.5. The van der Waals surface area contributed by atoms with Crippen LogP contribution in [0, 0.1) is 0 Å². The standard InChI is InChI=1S/C40H27N3/c1-4-11-27(12-5-1)31-21-22-36-35(24-31)25-33-20-19-32(26-37(33)36)30-17-10-18-34(23-30)40-42-38(28-13-6-2-7-14-28)41-39(43-40)29-15-8-3-9-16-29/h1-24,26H,25H2. The van der Waals surface area contributed by atoms with E-state index in [4.69, 9.17) is 15.0 Å². The fourth-order valence-corrected chi connectivity index (χ4v) is 5.95. The highest BCUT2D eigenvalue weighted by Crippen LogP contribution is 2.41. The largest absolute Gasteiger partial charge is 0.208 e. The van der Waals surface area contributed by atoms with Crippen LogP contribution in [-0.4, -0.2) is 15.0 Å². The predicted molar refractivity (Wildman–Crippen MR) is 175 cm³/mol. The zero-order valence-corrected chi connectivity index (χ0v) is 23.5. The number of nitrogens with zero attached hydrogens (tertiary/aromatic N) is 3. The molecule has 0 unspecified atom stereocenters. The molecule has 6 aromatic carbocycles. The molecule has 1 aliphatic carbocycles. The summed E-state index contributed by atoms with van der Waals surface area (Å²) in [6, 6.07) is 53.0. The van der Waals surface area contributed by atoms with E-state index in [0.717, 1.165) is 28.7 Å². The van der Waals surface area contributed by atoms with Crippen molar-refractivity contribution in [3.05, 3.63) is 163 Å². The molecule has 0 spiro atoms. The first-order valence-electron chi connectivity index (χ1n) is 14.6. The first-order valence-corrected chi connectivity index (χ1v) is 14.6. The van der Waals surface area contributed by atoms with Gasteiger partial charge < -0.3 is 0 Å². The van der Waals surface area contributed by atoms with Crippen LogP contribution in [0.15, 0.2) is 152 Å². The van der Waals surface area contributed by atoms with Crippen LogP contribution >= 0.6 is 0 Å². The van der Waals surface area contributed by atoms with E-state index < -0.39 is 0 Å². The number of hydrogen-bond acceptors (Lipinski definition) is 3. The Bertz CT molecular complexity index is 2030. The lowest BCUT2D eigenvalue weighted by atomic mass is 9.96. The Hall–Kier alpha value is -5.67. The molecular weight excluding hydrogens is 522 g/mol. The molecule has 7 aromatic rings. The molecule has 0 aliphatic heterocycles. The van der Waals surface area contributed by atoms with Crippen LogP contribution in [-0.2, 0) is 6.42 Å². The average molecular weight is 550 g/mol. The highest BCUT2D eigenvalue weighted by atomic mass is 15.0. The van der Waals surface area contributed by atoms with Gasteiger partial charge >= 0.3 is 0 Å². The van der Waals surface area contributed by atoms with Gasteiger partial charge in [0.25, 0.3) is 0 Å². The Morgan fingerprint density at radius 1 is 0.302 bits per heavy atom. The van der Waals surface area contributed by atoms with Gasteiger partial charge in [0.15, 0.2) is 17.5 Å². The molecule has 3 nitrogen and oxygen atoms in total. The summed E-state index contributed by atoms with van der Waals surface area (Å²) in [5.74, 6) is 1.99. The lowest BCUT2D eigenvalue weighted by Gasteiger charge is -2.10. The molecule has 0 amide bonds. The van der Waals surface area contributed by atoms with Crippen LogP contribution in [0.2, 0.25) is 0 Å². The van der Waals surface area contributed by atoms with E-state index in [0.29, 0.717) is 17.5 Å². The number of hydrogen-bond donors (Lipinski definition) is 0. The number of rotatable bonds is 5. The van der Waals surface area contributed by atoms with E-state index in [1.54, 1.807) is 0 Å². The van der Waals surface area contributed by atoms with Gasteiger partial charge in [0.1, 0.15) is 0 Å². The van der Waals surface area contributed by atoms with E-state index in [9.17, 15) is 0 Å². The van der Waals surface area contributed by atoms with Crippen molar-refractivity contribution in [2.45, 2.75) is 6.42 Å². The summed E-state index contributed by atoms with van der Waals surface area (Å²) < 4.78 is 0. The van der Waals surface area contributed by atoms with E-state index in [-0.39, 0.29) is 0 Å². The summed E-state index contributed by atoms with van der Waals surface area (Å²) in [6.07, 6.45) is 0.959. The van der Waals surface area contributed by atoms with Gasteiger partial charge in [0.05, 0.1) is 0 Å². The molecule has 0 fully saturated rings. The van der Waals surface area contributed by atoms with Crippen LogP contribution in [0.25, 0.3) is 67.5 Å². The maximum Gasteiger partial charge on any atom is 0.164 e. The molecule has 202 valence electrons. The summed E-state index contributed by atoms with van der Waals surface area (Å²) in [6.45, 7) is 0. The van der Waals surface area contributed by atoms with E-state index in [1.165, 1.54) is 38.9 Å². The monoisotopic (exact) mass is 549 g/mol. The van der Waals surface area contributed by atoms with Crippen LogP contribution in [0.4, 0.5) is 0 Å². The first-order chi connectivity index (χ1) is 21.3. The summed E-state index contributed by atoms with van der Waals surface area (Å²) in [4.78, 5) is 14.7. The number of fused-ring (bicyclic) bond motifs is 3. The highest BCUT2D eigenvalue weighted by Gasteiger charge is 2.20. The third-order valence-electron chi connectivity index (χ3n) is 8.15. The van der Waals surface area contributed by atoms with Crippen LogP contribution in [0.3, 0.4) is 0 Å². The quantitative estimate of drug-likeness (QED) is 0.214. The highest BCUT2D eigenvalue weighted by molar-refractivity contribution is 5.84. The van der Waals surface area contributed by atoms with Gasteiger partial charge in [-0.25, -0.2) is 15.0 Å². The Morgan fingerprint density at radius 3 is 1.44 bits per heavy atom. The predicted octanol–water partition coefficient (Wildman–Crippen LogP) is 9.78. The molecule has 0 radical (unpaired) electrons. The molecule has 43 heavy (non-hydrogen) atoms. The second kappa shape index (κ2) is 10.6. The van der Waals surface area contributed by atoms with Crippen molar-refractivity contribution in [3.8, 4) is 67.5 Å². The molecular formula is C40H27N3. The minimum absolute atomic E-state index is 0.662. The third kappa shape index (κ3) is 4.81. The zero-order chi connectivity index (χ0) is 28.6. The fraction of sp³-hybridized carbons (Fsp3) is 0.0250. The molecule has 1 heterocycles. The minimum Gasteiger partial charge on any atom is -0.208 e. The Balaban J connectivity index is 1.18. The van der Waals surface area contributed by atoms with Crippen molar-refractivity contribution in [2.75, 3.05) is 0 Å². The maximum atomic E-state index is 4.93. The SMILES string of the molecule is c1ccc(-c2ccc3c(c2)Cc2ccc(-c4cccc(-c5nc(-c6ccccc6)nc(-c6ccccc6)n5)c4)cc2-3)cc1. The fourth-order valence-electron chi connectivity index (χ4n) is 5.95. The van der Waals surface area contributed by atoms with E-state index in [2.05, 4.69) is 91.0 Å². The van der Waals surface area contributed by atoms with Crippen LogP contribution < -0.4 is 0 Å². The van der Waals surface area contributed by atoms with Crippen molar-refractivity contribution < 1.29 is 0 Å². The van der Waals surface area contributed by atoms with E-state index in [1.807, 2.05) is 60.7 Å². The second-order valence-electron chi connectivity index (χ2n) is 10.9. The van der Waals surface area contributed by atoms with Gasteiger partial charge in [-0.15, -0.1) is 0 Å². The molecule has 0 saturated carbocycles. The second-order valence-corrected chi connectivity index (χ2v) is 10.9. The van der Waals surface area contributed by atoms with Gasteiger partial charge in [-0.2, -0.15) is 0 Å². The third-order valence-corrected chi connectivity index (χ3v) is 8.15. The topological polar surface area (TPSA) is 38.7 Å².